The van der Waals surface area contributed by atoms with Crippen molar-refractivity contribution >= 4 is 12.3 Å². The van der Waals surface area contributed by atoms with E-state index in [0.29, 0.717) is 30.0 Å². The Kier molecular flexibility index (Phi) is 5.14. The van der Waals surface area contributed by atoms with Gasteiger partial charge in [0.05, 0.1) is 24.8 Å². The Labute approximate surface area is 128 Å². The van der Waals surface area contributed by atoms with E-state index in [1.807, 2.05) is 6.92 Å². The summed E-state index contributed by atoms with van der Waals surface area (Å²) in [6, 6.07) is 11.5. The normalized spacial score (nSPS) is 9.91. The fourth-order valence-corrected chi connectivity index (χ4v) is 1.93. The molecule has 22 heavy (non-hydrogen) atoms. The van der Waals surface area contributed by atoms with E-state index in [-0.39, 0.29) is 11.3 Å². The van der Waals surface area contributed by atoms with Crippen LogP contribution in [0.5, 0.6) is 17.2 Å². The number of hydrogen-bond acceptors (Lipinski definition) is 5. The third-order valence-corrected chi connectivity index (χ3v) is 2.93. The first-order valence-electron chi connectivity index (χ1n) is 6.76. The minimum atomic E-state index is -0.589. The van der Waals surface area contributed by atoms with E-state index in [1.54, 1.807) is 42.5 Å². The molecule has 0 aliphatic carbocycles. The number of esters is 1. The molecule has 0 fully saturated rings. The van der Waals surface area contributed by atoms with E-state index in [1.165, 1.54) is 7.11 Å². The Morgan fingerprint density at radius 1 is 1.18 bits per heavy atom. The number of carbonyl (C=O) groups excluding carboxylic acids is 2. The van der Waals surface area contributed by atoms with Crippen LogP contribution in [0.4, 0.5) is 0 Å². The van der Waals surface area contributed by atoms with Crippen LogP contribution in [0, 0.1) is 0 Å². The highest BCUT2D eigenvalue weighted by molar-refractivity contribution is 5.93. The second-order valence-electron chi connectivity index (χ2n) is 4.35. The van der Waals surface area contributed by atoms with E-state index < -0.39 is 5.97 Å². The van der Waals surface area contributed by atoms with Gasteiger partial charge in [-0.3, -0.25) is 4.79 Å². The first-order valence-corrected chi connectivity index (χ1v) is 6.76. The molecule has 0 aliphatic heterocycles. The molecule has 5 heteroatoms. The summed E-state index contributed by atoms with van der Waals surface area (Å²) in [5.74, 6) is 0.410. The molecule has 5 nitrogen and oxygen atoms in total. The van der Waals surface area contributed by atoms with E-state index in [2.05, 4.69) is 0 Å². The standard InChI is InChI=1S/C17H16O5/c1-3-21-14-8-4-6-12(10-14)17(19)22-16-13(11-18)7-5-9-15(16)20-2/h4-11H,3H2,1-2H3. The van der Waals surface area contributed by atoms with Crippen LogP contribution in [0.15, 0.2) is 42.5 Å². The van der Waals surface area contributed by atoms with Crippen molar-refractivity contribution in [2.75, 3.05) is 13.7 Å². The van der Waals surface area contributed by atoms with Crippen molar-refractivity contribution in [3.63, 3.8) is 0 Å². The largest absolute Gasteiger partial charge is 0.494 e. The second-order valence-corrected chi connectivity index (χ2v) is 4.35. The lowest BCUT2D eigenvalue weighted by Gasteiger charge is -2.11. The molecule has 0 amide bonds. The lowest BCUT2D eigenvalue weighted by molar-refractivity contribution is 0.0728. The number of rotatable bonds is 6. The summed E-state index contributed by atoms with van der Waals surface area (Å²) >= 11 is 0. The zero-order valence-corrected chi connectivity index (χ0v) is 12.4. The molecule has 114 valence electrons. The highest BCUT2D eigenvalue weighted by atomic mass is 16.6. The fraction of sp³-hybridized carbons (Fsp3) is 0.176. The van der Waals surface area contributed by atoms with Crippen LogP contribution in [0.2, 0.25) is 0 Å². The number of methoxy groups -OCH3 is 1. The molecule has 0 spiro atoms. The van der Waals surface area contributed by atoms with E-state index in [0.717, 1.165) is 0 Å². The van der Waals surface area contributed by atoms with Crippen molar-refractivity contribution < 1.29 is 23.8 Å². The molecular formula is C17H16O5. The van der Waals surface area contributed by atoms with Crippen LogP contribution in [0.3, 0.4) is 0 Å². The number of benzene rings is 2. The topological polar surface area (TPSA) is 61.8 Å². The van der Waals surface area contributed by atoms with Gasteiger partial charge in [0.2, 0.25) is 0 Å². The maximum Gasteiger partial charge on any atom is 0.343 e. The predicted molar refractivity (Wildman–Crippen MR) is 81.0 cm³/mol. The minimum absolute atomic E-state index is 0.104. The third-order valence-electron chi connectivity index (χ3n) is 2.93. The van der Waals surface area contributed by atoms with Gasteiger partial charge in [-0.2, -0.15) is 0 Å². The van der Waals surface area contributed by atoms with Crippen molar-refractivity contribution in [1.29, 1.82) is 0 Å². The van der Waals surface area contributed by atoms with Crippen LogP contribution < -0.4 is 14.2 Å². The summed E-state index contributed by atoms with van der Waals surface area (Å²) in [5, 5.41) is 0. The maximum atomic E-state index is 12.3. The first-order chi connectivity index (χ1) is 10.7. The molecule has 0 heterocycles. The number of hydrogen-bond donors (Lipinski definition) is 0. The quantitative estimate of drug-likeness (QED) is 0.466. The molecule has 0 aliphatic rings. The van der Waals surface area contributed by atoms with Crippen molar-refractivity contribution in [1.82, 2.24) is 0 Å². The van der Waals surface area contributed by atoms with E-state index >= 15 is 0 Å². The molecule has 0 unspecified atom stereocenters. The number of ether oxygens (including phenoxy) is 3. The molecule has 0 N–H and O–H groups in total. The Morgan fingerprint density at radius 3 is 2.64 bits per heavy atom. The third kappa shape index (κ3) is 3.44. The van der Waals surface area contributed by atoms with Crippen molar-refractivity contribution in [3.8, 4) is 17.2 Å². The monoisotopic (exact) mass is 300 g/mol. The molecule has 2 aromatic carbocycles. The average molecular weight is 300 g/mol. The molecular weight excluding hydrogens is 284 g/mol. The fourth-order valence-electron chi connectivity index (χ4n) is 1.93. The lowest BCUT2D eigenvalue weighted by atomic mass is 10.2. The Morgan fingerprint density at radius 2 is 1.95 bits per heavy atom. The highest BCUT2D eigenvalue weighted by Gasteiger charge is 2.16. The van der Waals surface area contributed by atoms with Gasteiger partial charge in [0.15, 0.2) is 17.8 Å². The van der Waals surface area contributed by atoms with Gasteiger partial charge in [0, 0.05) is 0 Å². The molecule has 0 aromatic heterocycles. The van der Waals surface area contributed by atoms with Crippen molar-refractivity contribution in [3.05, 3.63) is 53.6 Å². The van der Waals surface area contributed by atoms with Gasteiger partial charge in [-0.25, -0.2) is 4.79 Å². The zero-order valence-electron chi connectivity index (χ0n) is 12.4. The van der Waals surface area contributed by atoms with Gasteiger partial charge in [0.25, 0.3) is 0 Å². The average Bonchev–Trinajstić information content (AvgIpc) is 2.55. The van der Waals surface area contributed by atoms with E-state index in [9.17, 15) is 9.59 Å². The van der Waals surface area contributed by atoms with Crippen molar-refractivity contribution in [2.45, 2.75) is 6.92 Å². The van der Waals surface area contributed by atoms with Crippen LogP contribution in [-0.4, -0.2) is 26.0 Å². The summed E-state index contributed by atoms with van der Waals surface area (Å²) in [5.41, 5.74) is 0.572. The SMILES string of the molecule is CCOc1cccc(C(=O)Oc2c(C=O)cccc2OC)c1. The number of para-hydroxylation sites is 1. The maximum absolute atomic E-state index is 12.3. The van der Waals surface area contributed by atoms with Crippen LogP contribution >= 0.6 is 0 Å². The predicted octanol–water partition coefficient (Wildman–Crippen LogP) is 3.13. The molecule has 2 aromatic rings. The summed E-state index contributed by atoms with van der Waals surface area (Å²) in [6.45, 7) is 2.36. The molecule has 0 saturated heterocycles. The smallest absolute Gasteiger partial charge is 0.343 e. The molecule has 0 radical (unpaired) electrons. The van der Waals surface area contributed by atoms with Crippen molar-refractivity contribution in [2.24, 2.45) is 0 Å². The first kappa shape index (κ1) is 15.6. The number of aldehydes is 1. The Bertz CT molecular complexity index is 678. The Hall–Kier alpha value is -2.82. The summed E-state index contributed by atoms with van der Waals surface area (Å²) < 4.78 is 15.8. The van der Waals surface area contributed by atoms with E-state index in [4.69, 9.17) is 14.2 Å². The molecule has 0 saturated carbocycles. The summed E-state index contributed by atoms with van der Waals surface area (Å²) in [7, 11) is 1.44. The second kappa shape index (κ2) is 7.26. The summed E-state index contributed by atoms with van der Waals surface area (Å²) in [4.78, 5) is 23.3. The van der Waals surface area contributed by atoms with Crippen LogP contribution in [-0.2, 0) is 0 Å². The zero-order chi connectivity index (χ0) is 15.9. The van der Waals surface area contributed by atoms with Gasteiger partial charge in [-0.05, 0) is 37.3 Å². The van der Waals surface area contributed by atoms with Gasteiger partial charge < -0.3 is 14.2 Å². The minimum Gasteiger partial charge on any atom is -0.494 e. The Balaban J connectivity index is 2.29. The van der Waals surface area contributed by atoms with Crippen LogP contribution in [0.1, 0.15) is 27.6 Å². The van der Waals surface area contributed by atoms with Gasteiger partial charge in [-0.1, -0.05) is 12.1 Å². The highest BCUT2D eigenvalue weighted by Crippen LogP contribution is 2.31. The summed E-state index contributed by atoms with van der Waals surface area (Å²) in [6.07, 6.45) is 0.613. The van der Waals surface area contributed by atoms with Gasteiger partial charge in [-0.15, -0.1) is 0 Å². The molecule has 2 rings (SSSR count). The number of carbonyl (C=O) groups is 2. The molecule has 0 atom stereocenters. The lowest BCUT2D eigenvalue weighted by Crippen LogP contribution is -2.11. The van der Waals surface area contributed by atoms with Gasteiger partial charge in [0.1, 0.15) is 5.75 Å². The molecule has 0 bridgehead atoms. The van der Waals surface area contributed by atoms with Crippen LogP contribution in [0.25, 0.3) is 0 Å². The van der Waals surface area contributed by atoms with Gasteiger partial charge >= 0.3 is 5.97 Å².